The first-order valence-electron chi connectivity index (χ1n) is 7.37. The summed E-state index contributed by atoms with van der Waals surface area (Å²) in [4.78, 5) is 0. The lowest BCUT2D eigenvalue weighted by molar-refractivity contribution is 0.420. The third kappa shape index (κ3) is 3.89. The molecule has 4 aromatic rings. The van der Waals surface area contributed by atoms with Crippen LogP contribution < -0.4 is 0 Å². The van der Waals surface area contributed by atoms with Gasteiger partial charge in [-0.05, 0) is 30.2 Å². The number of aromatic hydroxyl groups is 1. The number of hydrogen-bond donors (Lipinski definition) is 1. The Bertz CT molecular complexity index is 774. The molecule has 0 aliphatic carbocycles. The minimum Gasteiger partial charge on any atom is -0.508 e. The third-order valence-corrected chi connectivity index (χ3v) is 3.45. The molecule has 0 saturated heterocycles. The molecule has 0 fully saturated rings. The van der Waals surface area contributed by atoms with E-state index in [1.54, 1.807) is 37.1 Å². The van der Waals surface area contributed by atoms with Crippen LogP contribution in [0.15, 0.2) is 82.5 Å². The molecule has 0 atom stereocenters. The number of aryl methyl sites for hydroxylation is 1. The zero-order chi connectivity index (χ0) is 16.8. The predicted molar refractivity (Wildman–Crippen MR) is 90.3 cm³/mol. The number of rotatable bonds is 2. The molecule has 0 saturated carbocycles. The molecule has 120 valence electrons. The average molecular weight is 320 g/mol. The molecule has 4 rings (SSSR count). The molecule has 5 nitrogen and oxygen atoms in total. The van der Waals surface area contributed by atoms with Crippen molar-refractivity contribution in [3.63, 3.8) is 0 Å². The Balaban J connectivity index is 0.000000141. The summed E-state index contributed by atoms with van der Waals surface area (Å²) in [5.74, 6) is 0.259. The second-order valence-electron chi connectivity index (χ2n) is 5.24. The Hall–Kier alpha value is -3.34. The van der Waals surface area contributed by atoms with E-state index in [0.717, 1.165) is 22.3 Å². The van der Waals surface area contributed by atoms with Gasteiger partial charge in [-0.3, -0.25) is 0 Å². The van der Waals surface area contributed by atoms with Crippen molar-refractivity contribution in [1.82, 2.24) is 10.3 Å². The number of nitrogens with zero attached hydrogens (tertiary/aromatic N) is 2. The molecule has 0 bridgehead atoms. The number of phenolic OH excluding ortho intramolecular Hbond substituents is 1. The van der Waals surface area contributed by atoms with Crippen LogP contribution in [0.5, 0.6) is 5.75 Å². The van der Waals surface area contributed by atoms with Crippen molar-refractivity contribution in [2.45, 2.75) is 6.92 Å². The fourth-order valence-corrected chi connectivity index (χ4v) is 2.09. The summed E-state index contributed by atoms with van der Waals surface area (Å²) in [6.45, 7) is 2.07. The Morgan fingerprint density at radius 1 is 0.667 bits per heavy atom. The smallest absolute Gasteiger partial charge is 0.131 e. The molecule has 2 heterocycles. The summed E-state index contributed by atoms with van der Waals surface area (Å²) < 4.78 is 9.44. The molecule has 0 aliphatic heterocycles. The molecule has 1 N–H and O–H groups in total. The Kier molecular flexibility index (Phi) is 4.72. The summed E-state index contributed by atoms with van der Waals surface area (Å²) >= 11 is 0. The van der Waals surface area contributed by atoms with Gasteiger partial charge < -0.3 is 14.2 Å². The third-order valence-electron chi connectivity index (χ3n) is 3.45. The molecule has 0 spiro atoms. The molecule has 2 aromatic heterocycles. The van der Waals surface area contributed by atoms with Gasteiger partial charge in [-0.1, -0.05) is 52.3 Å². The maximum atomic E-state index is 9.02. The molecule has 24 heavy (non-hydrogen) atoms. The molecule has 5 heteroatoms. The maximum Gasteiger partial charge on any atom is 0.131 e. The predicted octanol–water partition coefficient (Wildman–Crippen LogP) is 4.70. The van der Waals surface area contributed by atoms with E-state index in [2.05, 4.69) is 46.0 Å². The SMILES string of the molecule is Cc1ccc(-c2cnoc2)cc1.Oc1ccc(-c2cnoc2)cc1. The van der Waals surface area contributed by atoms with Crippen molar-refractivity contribution < 1.29 is 14.2 Å². The van der Waals surface area contributed by atoms with Gasteiger partial charge in [0.1, 0.15) is 18.3 Å². The van der Waals surface area contributed by atoms with E-state index in [1.807, 2.05) is 12.1 Å². The largest absolute Gasteiger partial charge is 0.508 e. The zero-order valence-corrected chi connectivity index (χ0v) is 13.1. The first-order valence-corrected chi connectivity index (χ1v) is 7.37. The highest BCUT2D eigenvalue weighted by Gasteiger charge is 1.99. The summed E-state index contributed by atoms with van der Waals surface area (Å²) in [6, 6.07) is 15.1. The van der Waals surface area contributed by atoms with Gasteiger partial charge in [-0.2, -0.15) is 0 Å². The molecule has 0 unspecified atom stereocenters. The Labute approximate surface area is 139 Å². The van der Waals surface area contributed by atoms with Crippen LogP contribution in [0.25, 0.3) is 22.3 Å². The quantitative estimate of drug-likeness (QED) is 0.579. The van der Waals surface area contributed by atoms with E-state index in [0.29, 0.717) is 0 Å². The van der Waals surface area contributed by atoms with Crippen molar-refractivity contribution in [2.24, 2.45) is 0 Å². The lowest BCUT2D eigenvalue weighted by Crippen LogP contribution is -1.74. The van der Waals surface area contributed by atoms with Crippen LogP contribution in [0.1, 0.15) is 5.56 Å². The van der Waals surface area contributed by atoms with Crippen LogP contribution in [-0.4, -0.2) is 15.4 Å². The van der Waals surface area contributed by atoms with Gasteiger partial charge in [0.05, 0.1) is 12.4 Å². The Morgan fingerprint density at radius 3 is 1.54 bits per heavy atom. The normalized spacial score (nSPS) is 10.0. The number of benzene rings is 2. The first kappa shape index (κ1) is 15.6. The van der Waals surface area contributed by atoms with E-state index in [1.165, 1.54) is 5.56 Å². The number of phenols is 1. The van der Waals surface area contributed by atoms with Crippen molar-refractivity contribution >= 4 is 0 Å². The van der Waals surface area contributed by atoms with Crippen LogP contribution in [0.4, 0.5) is 0 Å². The lowest BCUT2D eigenvalue weighted by atomic mass is 10.1. The van der Waals surface area contributed by atoms with E-state index in [-0.39, 0.29) is 5.75 Å². The van der Waals surface area contributed by atoms with Gasteiger partial charge in [0.2, 0.25) is 0 Å². The van der Waals surface area contributed by atoms with Gasteiger partial charge in [0.15, 0.2) is 0 Å². The number of hydrogen-bond acceptors (Lipinski definition) is 5. The highest BCUT2D eigenvalue weighted by molar-refractivity contribution is 5.62. The summed E-state index contributed by atoms with van der Waals surface area (Å²) in [7, 11) is 0. The van der Waals surface area contributed by atoms with Crippen molar-refractivity contribution in [1.29, 1.82) is 0 Å². The summed E-state index contributed by atoms with van der Waals surface area (Å²) in [5.41, 5.74) is 5.32. The van der Waals surface area contributed by atoms with Gasteiger partial charge in [-0.15, -0.1) is 0 Å². The summed E-state index contributed by atoms with van der Waals surface area (Å²) in [5, 5.41) is 16.2. The monoisotopic (exact) mass is 320 g/mol. The highest BCUT2D eigenvalue weighted by Crippen LogP contribution is 2.20. The van der Waals surface area contributed by atoms with E-state index in [9.17, 15) is 0 Å². The van der Waals surface area contributed by atoms with Crippen LogP contribution in [0.2, 0.25) is 0 Å². The van der Waals surface area contributed by atoms with Crippen molar-refractivity contribution in [3.05, 3.63) is 79.0 Å². The van der Waals surface area contributed by atoms with Crippen molar-refractivity contribution in [2.75, 3.05) is 0 Å². The van der Waals surface area contributed by atoms with E-state index in [4.69, 9.17) is 9.63 Å². The first-order chi connectivity index (χ1) is 11.7. The second kappa shape index (κ2) is 7.28. The van der Waals surface area contributed by atoms with E-state index >= 15 is 0 Å². The molecule has 0 radical (unpaired) electrons. The van der Waals surface area contributed by atoms with Crippen LogP contribution in [0, 0.1) is 6.92 Å². The standard InChI is InChI=1S/C10H9NO.C9H7NO2/c1-8-2-4-9(5-3-8)10-6-11-12-7-10;11-9-3-1-7(2-4-9)8-5-10-12-6-8/h2-7H,1H3;1-6,11H. The summed E-state index contributed by atoms with van der Waals surface area (Å²) in [6.07, 6.45) is 6.55. The van der Waals surface area contributed by atoms with Crippen LogP contribution >= 0.6 is 0 Å². The van der Waals surface area contributed by atoms with Gasteiger partial charge in [0, 0.05) is 11.1 Å². The minimum atomic E-state index is 0.259. The molecule has 0 amide bonds. The molecule has 0 aliphatic rings. The van der Waals surface area contributed by atoms with Crippen molar-refractivity contribution in [3.8, 4) is 28.0 Å². The number of aromatic nitrogens is 2. The van der Waals surface area contributed by atoms with Crippen LogP contribution in [-0.2, 0) is 0 Å². The van der Waals surface area contributed by atoms with Crippen LogP contribution in [0.3, 0.4) is 0 Å². The molecule has 2 aromatic carbocycles. The van der Waals surface area contributed by atoms with E-state index < -0.39 is 0 Å². The highest BCUT2D eigenvalue weighted by atomic mass is 16.5. The lowest BCUT2D eigenvalue weighted by Gasteiger charge is -1.95. The fourth-order valence-electron chi connectivity index (χ4n) is 2.09. The molecular weight excluding hydrogens is 304 g/mol. The van der Waals surface area contributed by atoms with Gasteiger partial charge >= 0.3 is 0 Å². The molecular formula is C19H16N2O3. The minimum absolute atomic E-state index is 0.259. The topological polar surface area (TPSA) is 72.3 Å². The van der Waals surface area contributed by atoms with Gasteiger partial charge in [-0.25, -0.2) is 0 Å². The fraction of sp³-hybridized carbons (Fsp3) is 0.0526. The van der Waals surface area contributed by atoms with Gasteiger partial charge in [0.25, 0.3) is 0 Å². The second-order valence-corrected chi connectivity index (χ2v) is 5.24. The zero-order valence-electron chi connectivity index (χ0n) is 13.1. The Morgan fingerprint density at radius 2 is 1.12 bits per heavy atom. The average Bonchev–Trinajstić information content (AvgIpc) is 3.31. The maximum absolute atomic E-state index is 9.02.